The first kappa shape index (κ1) is 16.8. The van der Waals surface area contributed by atoms with E-state index in [9.17, 15) is 4.79 Å². The Morgan fingerprint density at radius 3 is 3.08 bits per heavy atom. The third kappa shape index (κ3) is 3.53. The van der Waals surface area contributed by atoms with Crippen LogP contribution in [0.3, 0.4) is 0 Å². The molecule has 3 rings (SSSR count). The van der Waals surface area contributed by atoms with E-state index in [0.29, 0.717) is 17.4 Å². The smallest absolute Gasteiger partial charge is 0.227 e. The highest BCUT2D eigenvalue weighted by Gasteiger charge is 2.30. The first-order valence-corrected chi connectivity index (χ1v) is 8.63. The second-order valence-electron chi connectivity index (χ2n) is 5.81. The lowest BCUT2D eigenvalue weighted by Crippen LogP contribution is -2.39. The number of hydrogen-bond acceptors (Lipinski definition) is 4. The quantitative estimate of drug-likeness (QED) is 0.901. The van der Waals surface area contributed by atoms with Gasteiger partial charge >= 0.3 is 0 Å². The lowest BCUT2D eigenvalue weighted by molar-refractivity contribution is -0.134. The number of hydrogen-bond donors (Lipinski definition) is 1. The summed E-state index contributed by atoms with van der Waals surface area (Å²) in [4.78, 5) is 19.0. The van der Waals surface area contributed by atoms with Crippen molar-refractivity contribution in [3.05, 3.63) is 40.9 Å². The van der Waals surface area contributed by atoms with Gasteiger partial charge in [-0.3, -0.25) is 9.89 Å². The molecule has 2 heterocycles. The van der Waals surface area contributed by atoms with Crippen molar-refractivity contribution in [1.29, 1.82) is 0 Å². The maximum absolute atomic E-state index is 12.9. The fraction of sp³-hybridized carbons (Fsp3) is 0.471. The number of piperidine rings is 1. The van der Waals surface area contributed by atoms with E-state index in [1.807, 2.05) is 24.0 Å². The monoisotopic (exact) mass is 348 g/mol. The summed E-state index contributed by atoms with van der Waals surface area (Å²) in [7, 11) is 0. The molecule has 7 heteroatoms. The fourth-order valence-corrected chi connectivity index (χ4v) is 3.40. The van der Waals surface area contributed by atoms with Gasteiger partial charge in [-0.05, 0) is 32.3 Å². The van der Waals surface area contributed by atoms with E-state index < -0.39 is 0 Å². The number of aromatic amines is 1. The summed E-state index contributed by atoms with van der Waals surface area (Å²) >= 11 is 6.21. The topological polar surface area (TPSA) is 71.1 Å². The van der Waals surface area contributed by atoms with Crippen molar-refractivity contribution in [2.24, 2.45) is 0 Å². The van der Waals surface area contributed by atoms with Crippen LogP contribution >= 0.6 is 11.6 Å². The number of H-pyrrole nitrogens is 1. The minimum Gasteiger partial charge on any atom is -0.492 e. The van der Waals surface area contributed by atoms with E-state index in [-0.39, 0.29) is 18.4 Å². The Morgan fingerprint density at radius 2 is 2.33 bits per heavy atom. The van der Waals surface area contributed by atoms with Crippen LogP contribution < -0.4 is 4.74 Å². The van der Waals surface area contributed by atoms with Crippen molar-refractivity contribution >= 4 is 17.5 Å². The lowest BCUT2D eigenvalue weighted by atomic mass is 10.00. The molecule has 1 fully saturated rings. The molecule has 1 atom stereocenters. The summed E-state index contributed by atoms with van der Waals surface area (Å²) in [6, 6.07) is 5.47. The van der Waals surface area contributed by atoms with E-state index >= 15 is 0 Å². The van der Waals surface area contributed by atoms with Gasteiger partial charge in [-0.2, -0.15) is 5.10 Å². The highest BCUT2D eigenvalue weighted by molar-refractivity contribution is 6.32. The van der Waals surface area contributed by atoms with Crippen LogP contribution in [0.4, 0.5) is 0 Å². The molecule has 1 aliphatic rings. The zero-order valence-corrected chi connectivity index (χ0v) is 14.4. The van der Waals surface area contributed by atoms with E-state index in [1.165, 1.54) is 6.33 Å². The number of nitrogens with zero attached hydrogens (tertiary/aromatic N) is 3. The first-order chi connectivity index (χ1) is 11.7. The molecule has 128 valence electrons. The molecule has 1 saturated heterocycles. The number of halogens is 1. The van der Waals surface area contributed by atoms with Gasteiger partial charge in [-0.25, -0.2) is 4.98 Å². The number of rotatable bonds is 5. The SMILES string of the molecule is CCOc1c(Cl)cccc1CC(=O)N1CCCCC1c1ncn[nH]1. The molecule has 0 bridgehead atoms. The van der Waals surface area contributed by atoms with Gasteiger partial charge in [0.2, 0.25) is 5.91 Å². The van der Waals surface area contributed by atoms with Crippen LogP contribution in [0.1, 0.15) is 43.6 Å². The van der Waals surface area contributed by atoms with Gasteiger partial charge in [0.25, 0.3) is 0 Å². The number of nitrogens with one attached hydrogen (secondary N) is 1. The van der Waals surface area contributed by atoms with Crippen molar-refractivity contribution in [3.63, 3.8) is 0 Å². The number of benzene rings is 1. The number of carbonyl (C=O) groups is 1. The van der Waals surface area contributed by atoms with E-state index in [4.69, 9.17) is 16.3 Å². The van der Waals surface area contributed by atoms with Crippen LogP contribution in [0.15, 0.2) is 24.5 Å². The van der Waals surface area contributed by atoms with Gasteiger partial charge in [-0.1, -0.05) is 23.7 Å². The Balaban J connectivity index is 1.80. The van der Waals surface area contributed by atoms with Crippen LogP contribution in [0.2, 0.25) is 5.02 Å². The highest BCUT2D eigenvalue weighted by atomic mass is 35.5. The van der Waals surface area contributed by atoms with Crippen LogP contribution in [-0.2, 0) is 11.2 Å². The number of aromatic nitrogens is 3. The molecule has 1 aromatic carbocycles. The summed E-state index contributed by atoms with van der Waals surface area (Å²) in [6.07, 6.45) is 4.73. The van der Waals surface area contributed by atoms with Crippen molar-refractivity contribution < 1.29 is 9.53 Å². The zero-order valence-electron chi connectivity index (χ0n) is 13.7. The maximum Gasteiger partial charge on any atom is 0.227 e. The first-order valence-electron chi connectivity index (χ1n) is 8.25. The summed E-state index contributed by atoms with van der Waals surface area (Å²) in [6.45, 7) is 3.14. The van der Waals surface area contributed by atoms with Gasteiger partial charge in [0, 0.05) is 12.1 Å². The molecule has 1 aliphatic heterocycles. The second kappa shape index (κ2) is 7.66. The van der Waals surface area contributed by atoms with Crippen molar-refractivity contribution in [2.45, 2.75) is 38.6 Å². The van der Waals surface area contributed by atoms with Crippen LogP contribution in [-0.4, -0.2) is 39.1 Å². The van der Waals surface area contributed by atoms with Gasteiger partial charge in [-0.15, -0.1) is 0 Å². The standard InChI is InChI=1S/C17H21ClN4O2/c1-2-24-16-12(6-5-7-13(16)18)10-15(23)22-9-4-3-8-14(22)17-19-11-20-21-17/h5-7,11,14H,2-4,8-10H2,1H3,(H,19,20,21). The Morgan fingerprint density at radius 1 is 1.46 bits per heavy atom. The number of ether oxygens (including phenoxy) is 1. The zero-order chi connectivity index (χ0) is 16.9. The number of carbonyl (C=O) groups excluding carboxylic acids is 1. The fourth-order valence-electron chi connectivity index (χ4n) is 3.15. The Bertz CT molecular complexity index is 690. The molecule has 0 radical (unpaired) electrons. The lowest BCUT2D eigenvalue weighted by Gasteiger charge is -2.34. The maximum atomic E-state index is 12.9. The van der Waals surface area contributed by atoms with Gasteiger partial charge in [0.1, 0.15) is 17.9 Å². The molecule has 2 aromatic rings. The van der Waals surface area contributed by atoms with E-state index in [0.717, 1.165) is 37.2 Å². The molecule has 1 amide bonds. The van der Waals surface area contributed by atoms with E-state index in [2.05, 4.69) is 15.2 Å². The molecule has 6 nitrogen and oxygen atoms in total. The highest BCUT2D eigenvalue weighted by Crippen LogP contribution is 2.32. The minimum absolute atomic E-state index is 0.0384. The summed E-state index contributed by atoms with van der Waals surface area (Å²) in [5.74, 6) is 1.40. The average Bonchev–Trinajstić information content (AvgIpc) is 3.12. The summed E-state index contributed by atoms with van der Waals surface area (Å²) < 4.78 is 5.62. The van der Waals surface area contributed by atoms with Crippen LogP contribution in [0.5, 0.6) is 5.75 Å². The molecule has 1 unspecified atom stereocenters. The summed E-state index contributed by atoms with van der Waals surface area (Å²) in [5.41, 5.74) is 0.816. The molecule has 1 N–H and O–H groups in total. The third-order valence-corrected chi connectivity index (χ3v) is 4.55. The van der Waals surface area contributed by atoms with Gasteiger partial charge < -0.3 is 9.64 Å². The molecule has 1 aromatic heterocycles. The molecule has 24 heavy (non-hydrogen) atoms. The summed E-state index contributed by atoms with van der Waals surface area (Å²) in [5, 5.41) is 7.34. The molecule has 0 aliphatic carbocycles. The number of likely N-dealkylation sites (tertiary alicyclic amines) is 1. The van der Waals surface area contributed by atoms with Crippen molar-refractivity contribution in [3.8, 4) is 5.75 Å². The number of amides is 1. The minimum atomic E-state index is -0.0384. The van der Waals surface area contributed by atoms with Crippen molar-refractivity contribution in [2.75, 3.05) is 13.2 Å². The average molecular weight is 349 g/mol. The predicted octanol–water partition coefficient (Wildman–Crippen LogP) is 3.15. The number of para-hydroxylation sites is 1. The van der Waals surface area contributed by atoms with Crippen LogP contribution in [0.25, 0.3) is 0 Å². The largest absolute Gasteiger partial charge is 0.492 e. The predicted molar refractivity (Wildman–Crippen MR) is 91.0 cm³/mol. The van der Waals surface area contributed by atoms with Gasteiger partial charge in [0.05, 0.1) is 24.1 Å². The Labute approximate surface area is 146 Å². The van der Waals surface area contributed by atoms with Crippen molar-refractivity contribution in [1.82, 2.24) is 20.1 Å². The normalized spacial score (nSPS) is 17.8. The molecular weight excluding hydrogens is 328 g/mol. The second-order valence-corrected chi connectivity index (χ2v) is 6.21. The Kier molecular flexibility index (Phi) is 5.35. The third-order valence-electron chi connectivity index (χ3n) is 4.25. The Hall–Kier alpha value is -2.08. The van der Waals surface area contributed by atoms with Crippen LogP contribution in [0, 0.1) is 0 Å². The molecule has 0 spiro atoms. The molecule has 0 saturated carbocycles. The van der Waals surface area contributed by atoms with E-state index in [1.54, 1.807) is 6.07 Å². The molecular formula is C17H21ClN4O2. The van der Waals surface area contributed by atoms with Gasteiger partial charge in [0.15, 0.2) is 0 Å².